The number of fused-ring (bicyclic) bond motifs is 1. The van der Waals surface area contributed by atoms with Crippen molar-refractivity contribution in [1.29, 1.82) is 0 Å². The number of aliphatic hydroxyl groups is 1. The highest BCUT2D eigenvalue weighted by atomic mass is 16.3. The van der Waals surface area contributed by atoms with Crippen molar-refractivity contribution in [3.63, 3.8) is 0 Å². The fraction of sp³-hybridized carbons (Fsp3) is 0.333. The van der Waals surface area contributed by atoms with Crippen LogP contribution in [-0.2, 0) is 0 Å². The van der Waals surface area contributed by atoms with E-state index in [-0.39, 0.29) is 0 Å². The van der Waals surface area contributed by atoms with Gasteiger partial charge < -0.3 is 10.0 Å². The summed E-state index contributed by atoms with van der Waals surface area (Å²) >= 11 is 0. The molecule has 0 bridgehead atoms. The third-order valence-electron chi connectivity index (χ3n) is 2.24. The number of likely N-dealkylation sites (N-methyl/N-ethyl adjacent to an activating group) is 1. The highest BCUT2D eigenvalue weighted by Gasteiger charge is 2.25. The summed E-state index contributed by atoms with van der Waals surface area (Å²) in [6.07, 6.45) is 9.81. The molecule has 1 N–H and O–H groups in total. The van der Waals surface area contributed by atoms with Crippen LogP contribution in [0.25, 0.3) is 0 Å². The van der Waals surface area contributed by atoms with Crippen LogP contribution in [0.2, 0.25) is 0 Å². The average molecular weight is 149 g/mol. The van der Waals surface area contributed by atoms with Crippen LogP contribution < -0.4 is 0 Å². The number of nitrogens with zero attached hydrogens (tertiary/aromatic N) is 1. The molecule has 1 heterocycles. The highest BCUT2D eigenvalue weighted by molar-refractivity contribution is 5.28. The van der Waals surface area contributed by atoms with E-state index < -0.39 is 0 Å². The van der Waals surface area contributed by atoms with Gasteiger partial charge in [0.1, 0.15) is 5.76 Å². The monoisotopic (exact) mass is 149 g/mol. The molecule has 2 aliphatic rings. The van der Waals surface area contributed by atoms with Crippen LogP contribution >= 0.6 is 0 Å². The third-order valence-corrected chi connectivity index (χ3v) is 2.24. The SMILES string of the molecule is CN1C=CC2C=C(O)C=CC21. The van der Waals surface area contributed by atoms with Gasteiger partial charge in [-0.1, -0.05) is 12.2 Å². The molecule has 0 fully saturated rings. The van der Waals surface area contributed by atoms with E-state index in [4.69, 9.17) is 5.11 Å². The van der Waals surface area contributed by atoms with E-state index in [2.05, 4.69) is 17.2 Å². The Labute approximate surface area is 66.1 Å². The van der Waals surface area contributed by atoms with Crippen LogP contribution in [0.1, 0.15) is 0 Å². The Balaban J connectivity index is 2.26. The quantitative estimate of drug-likeness (QED) is 0.563. The van der Waals surface area contributed by atoms with Gasteiger partial charge in [-0.3, -0.25) is 0 Å². The van der Waals surface area contributed by atoms with E-state index in [1.54, 1.807) is 6.08 Å². The minimum atomic E-state index is 0.366. The summed E-state index contributed by atoms with van der Waals surface area (Å²) in [6, 6.07) is 0.422. The predicted molar refractivity (Wildman–Crippen MR) is 44.0 cm³/mol. The summed E-state index contributed by atoms with van der Waals surface area (Å²) in [6.45, 7) is 0. The molecule has 2 atom stereocenters. The second kappa shape index (κ2) is 2.16. The zero-order chi connectivity index (χ0) is 7.84. The Morgan fingerprint density at radius 1 is 1.45 bits per heavy atom. The van der Waals surface area contributed by atoms with Gasteiger partial charge in [-0.2, -0.15) is 0 Å². The summed E-state index contributed by atoms with van der Waals surface area (Å²) in [7, 11) is 2.04. The van der Waals surface area contributed by atoms with E-state index in [1.807, 2.05) is 19.2 Å². The molecule has 0 saturated heterocycles. The maximum atomic E-state index is 9.16. The van der Waals surface area contributed by atoms with Crippen LogP contribution in [0.5, 0.6) is 0 Å². The molecule has 0 saturated carbocycles. The number of aliphatic hydroxyl groups excluding tert-OH is 1. The molecule has 0 aromatic rings. The number of hydrogen-bond donors (Lipinski definition) is 1. The minimum Gasteiger partial charge on any atom is -0.508 e. The molecular formula is C9H11NO. The molecule has 2 rings (SSSR count). The fourth-order valence-electron chi connectivity index (χ4n) is 1.59. The standard InChI is InChI=1S/C9H11NO/c1-10-5-4-7-6-8(11)2-3-9(7)10/h2-7,9,11H,1H3. The van der Waals surface area contributed by atoms with Crippen LogP contribution in [0.3, 0.4) is 0 Å². The molecule has 2 heteroatoms. The van der Waals surface area contributed by atoms with Crippen molar-refractivity contribution in [3.8, 4) is 0 Å². The molecule has 0 amide bonds. The van der Waals surface area contributed by atoms with Crippen molar-refractivity contribution in [2.24, 2.45) is 5.92 Å². The van der Waals surface area contributed by atoms with Crippen molar-refractivity contribution >= 4 is 0 Å². The van der Waals surface area contributed by atoms with Gasteiger partial charge in [-0.15, -0.1) is 0 Å². The lowest BCUT2D eigenvalue weighted by molar-refractivity contribution is 0.359. The molecule has 58 valence electrons. The normalized spacial score (nSPS) is 33.9. The van der Waals surface area contributed by atoms with Crippen molar-refractivity contribution < 1.29 is 5.11 Å². The first-order valence-electron chi connectivity index (χ1n) is 3.76. The highest BCUT2D eigenvalue weighted by Crippen LogP contribution is 2.26. The predicted octanol–water partition coefficient (Wildman–Crippen LogP) is 1.44. The number of rotatable bonds is 0. The lowest BCUT2D eigenvalue weighted by Gasteiger charge is -2.23. The summed E-state index contributed by atoms with van der Waals surface area (Å²) < 4.78 is 0. The molecule has 0 aromatic heterocycles. The first-order chi connectivity index (χ1) is 5.27. The summed E-state index contributed by atoms with van der Waals surface area (Å²) in [5.41, 5.74) is 0. The number of allylic oxidation sites excluding steroid dienone is 1. The van der Waals surface area contributed by atoms with Gasteiger partial charge in [-0.25, -0.2) is 0 Å². The van der Waals surface area contributed by atoms with E-state index in [0.717, 1.165) is 0 Å². The number of hydrogen-bond acceptors (Lipinski definition) is 2. The molecule has 11 heavy (non-hydrogen) atoms. The second-order valence-electron chi connectivity index (χ2n) is 3.03. The van der Waals surface area contributed by atoms with Gasteiger partial charge in [0, 0.05) is 13.0 Å². The van der Waals surface area contributed by atoms with E-state index in [1.165, 1.54) is 0 Å². The summed E-state index contributed by atoms with van der Waals surface area (Å²) in [5.74, 6) is 0.746. The molecular weight excluding hydrogens is 138 g/mol. The van der Waals surface area contributed by atoms with E-state index in [0.29, 0.717) is 17.7 Å². The summed E-state index contributed by atoms with van der Waals surface area (Å²) in [5, 5.41) is 9.16. The molecule has 2 unspecified atom stereocenters. The lowest BCUT2D eigenvalue weighted by atomic mass is 9.96. The van der Waals surface area contributed by atoms with Crippen molar-refractivity contribution in [3.05, 3.63) is 36.3 Å². The van der Waals surface area contributed by atoms with E-state index in [9.17, 15) is 0 Å². The van der Waals surface area contributed by atoms with Crippen LogP contribution in [-0.4, -0.2) is 23.1 Å². The van der Waals surface area contributed by atoms with Gasteiger partial charge >= 0.3 is 0 Å². The summed E-state index contributed by atoms with van der Waals surface area (Å²) in [4.78, 5) is 2.14. The zero-order valence-corrected chi connectivity index (χ0v) is 6.44. The zero-order valence-electron chi connectivity index (χ0n) is 6.44. The van der Waals surface area contributed by atoms with Crippen LogP contribution in [0.4, 0.5) is 0 Å². The van der Waals surface area contributed by atoms with Gasteiger partial charge in [0.25, 0.3) is 0 Å². The molecule has 2 nitrogen and oxygen atoms in total. The molecule has 0 spiro atoms. The Morgan fingerprint density at radius 3 is 3.09 bits per heavy atom. The topological polar surface area (TPSA) is 23.5 Å². The molecule has 1 aliphatic heterocycles. The molecule has 0 radical (unpaired) electrons. The lowest BCUT2D eigenvalue weighted by Crippen LogP contribution is -2.27. The fourth-order valence-corrected chi connectivity index (χ4v) is 1.59. The van der Waals surface area contributed by atoms with E-state index >= 15 is 0 Å². The van der Waals surface area contributed by atoms with Crippen molar-refractivity contribution in [2.75, 3.05) is 7.05 Å². The molecule has 1 aliphatic carbocycles. The minimum absolute atomic E-state index is 0.366. The van der Waals surface area contributed by atoms with Crippen molar-refractivity contribution in [1.82, 2.24) is 4.90 Å². The Kier molecular flexibility index (Phi) is 1.28. The maximum absolute atomic E-state index is 9.16. The smallest absolute Gasteiger partial charge is 0.112 e. The van der Waals surface area contributed by atoms with Crippen LogP contribution in [0.15, 0.2) is 36.3 Å². The first-order valence-corrected chi connectivity index (χ1v) is 3.76. The van der Waals surface area contributed by atoms with Crippen molar-refractivity contribution in [2.45, 2.75) is 6.04 Å². The van der Waals surface area contributed by atoms with Gasteiger partial charge in [0.2, 0.25) is 0 Å². The van der Waals surface area contributed by atoms with Gasteiger partial charge in [0.05, 0.1) is 6.04 Å². The average Bonchev–Trinajstić information content (AvgIpc) is 2.32. The Bertz CT molecular complexity index is 252. The first kappa shape index (κ1) is 6.53. The Morgan fingerprint density at radius 2 is 2.27 bits per heavy atom. The van der Waals surface area contributed by atoms with Gasteiger partial charge in [-0.05, 0) is 18.4 Å². The van der Waals surface area contributed by atoms with Crippen LogP contribution in [0, 0.1) is 5.92 Å². The largest absolute Gasteiger partial charge is 0.508 e. The maximum Gasteiger partial charge on any atom is 0.112 e. The second-order valence-corrected chi connectivity index (χ2v) is 3.03. The van der Waals surface area contributed by atoms with Gasteiger partial charge in [0.15, 0.2) is 0 Å². The third kappa shape index (κ3) is 0.946. The molecule has 0 aromatic carbocycles. The Hall–Kier alpha value is -1.18.